The molecular weight excluding hydrogens is 362 g/mol. The first kappa shape index (κ1) is 16.9. The molecule has 0 aliphatic carbocycles. The molecule has 5 rings (SSSR count). The van der Waals surface area contributed by atoms with E-state index in [4.69, 9.17) is 16.6 Å². The number of halogens is 1. The standard InChI is InChI=1S/C19H22ClN7/c1-2-24-6-8-25(9-7-24)12-17-21-10-14-11-26-19(22-13-23-26)18-15(20)4-3-5-16(18)27(14)17/h3-5,10,13H,2,6-9,11-12H2,1H3. The second-order valence-electron chi connectivity index (χ2n) is 7.09. The molecule has 1 fully saturated rings. The number of nitrogens with zero attached hydrogens (tertiary/aromatic N) is 7. The molecule has 0 spiro atoms. The average molecular weight is 384 g/mol. The molecule has 0 atom stereocenters. The van der Waals surface area contributed by atoms with Crippen LogP contribution in [-0.2, 0) is 13.1 Å². The van der Waals surface area contributed by atoms with Gasteiger partial charge in [0.2, 0.25) is 0 Å². The molecule has 1 aromatic carbocycles. The summed E-state index contributed by atoms with van der Waals surface area (Å²) in [6.45, 7) is 9.19. The van der Waals surface area contributed by atoms with Gasteiger partial charge < -0.3 is 4.90 Å². The molecule has 2 aliphatic heterocycles. The van der Waals surface area contributed by atoms with E-state index in [0.717, 1.165) is 67.9 Å². The van der Waals surface area contributed by atoms with Crippen molar-refractivity contribution in [3.05, 3.63) is 47.3 Å². The molecule has 3 aromatic rings. The molecule has 7 nitrogen and oxygen atoms in total. The monoisotopic (exact) mass is 383 g/mol. The van der Waals surface area contributed by atoms with E-state index in [1.807, 2.05) is 23.0 Å². The number of hydrogen-bond donors (Lipinski definition) is 0. The van der Waals surface area contributed by atoms with Gasteiger partial charge in [0.1, 0.15) is 12.2 Å². The van der Waals surface area contributed by atoms with Crippen LogP contribution >= 0.6 is 11.6 Å². The Bertz CT molecular complexity index is 968. The third-order valence-electron chi connectivity index (χ3n) is 5.57. The molecule has 0 N–H and O–H groups in total. The fourth-order valence-corrected chi connectivity index (χ4v) is 4.31. The predicted octanol–water partition coefficient (Wildman–Crippen LogP) is 2.28. The zero-order valence-corrected chi connectivity index (χ0v) is 16.1. The molecule has 27 heavy (non-hydrogen) atoms. The summed E-state index contributed by atoms with van der Waals surface area (Å²) >= 11 is 6.58. The lowest BCUT2D eigenvalue weighted by molar-refractivity contribution is 0.129. The molecule has 1 saturated heterocycles. The van der Waals surface area contributed by atoms with E-state index in [0.29, 0.717) is 11.6 Å². The predicted molar refractivity (Wildman–Crippen MR) is 104 cm³/mol. The number of benzene rings is 1. The molecule has 2 aromatic heterocycles. The van der Waals surface area contributed by atoms with Crippen LogP contribution in [0.4, 0.5) is 0 Å². The zero-order valence-electron chi connectivity index (χ0n) is 15.3. The summed E-state index contributed by atoms with van der Waals surface area (Å²) in [5.41, 5.74) is 3.05. The van der Waals surface area contributed by atoms with Gasteiger partial charge >= 0.3 is 0 Å². The lowest BCUT2D eigenvalue weighted by atomic mass is 10.1. The van der Waals surface area contributed by atoms with Gasteiger partial charge in [-0.1, -0.05) is 24.6 Å². The summed E-state index contributed by atoms with van der Waals surface area (Å²) in [5.74, 6) is 1.85. The van der Waals surface area contributed by atoms with E-state index in [2.05, 4.69) is 37.4 Å². The number of fused-ring (bicyclic) bond motifs is 5. The van der Waals surface area contributed by atoms with Crippen LogP contribution in [0, 0.1) is 0 Å². The minimum Gasteiger partial charge on any atom is -0.301 e. The summed E-state index contributed by atoms with van der Waals surface area (Å²) in [5, 5.41) is 5.07. The Balaban J connectivity index is 1.55. The summed E-state index contributed by atoms with van der Waals surface area (Å²) in [7, 11) is 0. The first-order valence-corrected chi connectivity index (χ1v) is 9.79. The first-order chi connectivity index (χ1) is 13.2. The zero-order chi connectivity index (χ0) is 18.4. The minimum absolute atomic E-state index is 0.636. The molecule has 0 amide bonds. The third kappa shape index (κ3) is 2.86. The SMILES string of the molecule is CCN1CCN(Cc2ncc3n2-c2cccc(Cl)c2-c2ncnn2C3)CC1. The van der Waals surface area contributed by atoms with Crippen LogP contribution in [0.2, 0.25) is 5.02 Å². The van der Waals surface area contributed by atoms with E-state index in [1.54, 1.807) is 6.33 Å². The average Bonchev–Trinajstić information content (AvgIpc) is 3.27. The summed E-state index contributed by atoms with van der Waals surface area (Å²) < 4.78 is 4.14. The molecule has 140 valence electrons. The van der Waals surface area contributed by atoms with Gasteiger partial charge in [0.15, 0.2) is 5.82 Å². The summed E-state index contributed by atoms with van der Waals surface area (Å²) in [4.78, 5) is 14.2. The van der Waals surface area contributed by atoms with Crippen LogP contribution in [0.5, 0.6) is 0 Å². The number of imidazole rings is 1. The van der Waals surface area contributed by atoms with Crippen molar-refractivity contribution in [2.75, 3.05) is 32.7 Å². The molecular formula is C19H22ClN7. The fourth-order valence-electron chi connectivity index (χ4n) is 4.06. The molecule has 2 aliphatic rings. The number of aromatic nitrogens is 5. The van der Waals surface area contributed by atoms with Gasteiger partial charge in [-0.15, -0.1) is 0 Å². The Labute approximate surface area is 163 Å². The van der Waals surface area contributed by atoms with E-state index >= 15 is 0 Å². The molecule has 0 radical (unpaired) electrons. The Morgan fingerprint density at radius 3 is 2.70 bits per heavy atom. The van der Waals surface area contributed by atoms with Crippen LogP contribution in [0.15, 0.2) is 30.7 Å². The highest BCUT2D eigenvalue weighted by molar-refractivity contribution is 6.33. The Morgan fingerprint density at radius 1 is 1.07 bits per heavy atom. The van der Waals surface area contributed by atoms with Gasteiger partial charge in [0.05, 0.1) is 41.3 Å². The summed E-state index contributed by atoms with van der Waals surface area (Å²) in [6.07, 6.45) is 3.54. The van der Waals surface area contributed by atoms with Crippen LogP contribution < -0.4 is 0 Å². The van der Waals surface area contributed by atoms with Crippen LogP contribution in [0.1, 0.15) is 18.4 Å². The first-order valence-electron chi connectivity index (χ1n) is 9.42. The Morgan fingerprint density at radius 2 is 1.89 bits per heavy atom. The van der Waals surface area contributed by atoms with Gasteiger partial charge in [-0.2, -0.15) is 5.10 Å². The topological polar surface area (TPSA) is 55.0 Å². The number of piperazine rings is 1. The van der Waals surface area contributed by atoms with Crippen molar-refractivity contribution in [1.29, 1.82) is 0 Å². The van der Waals surface area contributed by atoms with Crippen LogP contribution in [0.3, 0.4) is 0 Å². The lowest BCUT2D eigenvalue weighted by Gasteiger charge is -2.33. The Hall–Kier alpha value is -2.22. The third-order valence-corrected chi connectivity index (χ3v) is 5.88. The lowest BCUT2D eigenvalue weighted by Crippen LogP contribution is -2.45. The van der Waals surface area contributed by atoms with Crippen molar-refractivity contribution in [2.24, 2.45) is 0 Å². The van der Waals surface area contributed by atoms with E-state index in [9.17, 15) is 0 Å². The van der Waals surface area contributed by atoms with E-state index in [-0.39, 0.29) is 0 Å². The van der Waals surface area contributed by atoms with Crippen LogP contribution in [0.25, 0.3) is 17.1 Å². The smallest absolute Gasteiger partial charge is 0.162 e. The van der Waals surface area contributed by atoms with Gasteiger partial charge in [-0.3, -0.25) is 9.47 Å². The molecule has 0 saturated carbocycles. The Kier molecular flexibility index (Phi) is 4.22. The second kappa shape index (κ2) is 6.74. The largest absolute Gasteiger partial charge is 0.301 e. The molecule has 0 unspecified atom stereocenters. The highest BCUT2D eigenvalue weighted by Crippen LogP contribution is 2.36. The van der Waals surface area contributed by atoms with Crippen molar-refractivity contribution >= 4 is 11.6 Å². The van der Waals surface area contributed by atoms with Gasteiger partial charge in [0.25, 0.3) is 0 Å². The molecule has 4 heterocycles. The van der Waals surface area contributed by atoms with Gasteiger partial charge in [0, 0.05) is 26.2 Å². The van der Waals surface area contributed by atoms with Crippen molar-refractivity contribution in [2.45, 2.75) is 20.0 Å². The van der Waals surface area contributed by atoms with Crippen molar-refractivity contribution < 1.29 is 0 Å². The highest BCUT2D eigenvalue weighted by Gasteiger charge is 2.26. The molecule has 8 heteroatoms. The quantitative estimate of drug-likeness (QED) is 0.543. The second-order valence-corrected chi connectivity index (χ2v) is 7.49. The van der Waals surface area contributed by atoms with Crippen molar-refractivity contribution in [3.63, 3.8) is 0 Å². The van der Waals surface area contributed by atoms with Gasteiger partial charge in [-0.05, 0) is 18.7 Å². The minimum atomic E-state index is 0.636. The van der Waals surface area contributed by atoms with E-state index in [1.165, 1.54) is 0 Å². The van der Waals surface area contributed by atoms with E-state index < -0.39 is 0 Å². The molecule has 0 bridgehead atoms. The maximum absolute atomic E-state index is 6.58. The highest BCUT2D eigenvalue weighted by atomic mass is 35.5. The maximum atomic E-state index is 6.58. The maximum Gasteiger partial charge on any atom is 0.162 e. The number of hydrogen-bond acceptors (Lipinski definition) is 5. The van der Waals surface area contributed by atoms with Crippen molar-refractivity contribution in [3.8, 4) is 17.1 Å². The number of likely N-dealkylation sites (N-methyl/N-ethyl adjacent to an activating group) is 1. The normalized spacial score (nSPS) is 17.3. The fraction of sp³-hybridized carbons (Fsp3) is 0.421. The van der Waals surface area contributed by atoms with Crippen molar-refractivity contribution in [1.82, 2.24) is 34.1 Å². The van der Waals surface area contributed by atoms with Crippen LogP contribution in [-0.4, -0.2) is 66.8 Å². The van der Waals surface area contributed by atoms with Gasteiger partial charge in [-0.25, -0.2) is 14.6 Å². The summed E-state index contributed by atoms with van der Waals surface area (Å²) in [6, 6.07) is 5.99. The number of rotatable bonds is 3.